The van der Waals surface area contributed by atoms with E-state index in [1.807, 2.05) is 7.11 Å². The second kappa shape index (κ2) is 5.99. The van der Waals surface area contributed by atoms with E-state index < -0.39 is 0 Å². The third-order valence-corrected chi connectivity index (χ3v) is 4.25. The molecular formula is C13H26N2O. The van der Waals surface area contributed by atoms with Crippen LogP contribution in [-0.4, -0.2) is 31.8 Å². The molecule has 2 rings (SSSR count). The fourth-order valence-electron chi connectivity index (χ4n) is 3.28. The maximum absolute atomic E-state index is 6.01. The van der Waals surface area contributed by atoms with Crippen molar-refractivity contribution in [3.8, 4) is 0 Å². The molecule has 2 fully saturated rings. The monoisotopic (exact) mass is 226 g/mol. The molecule has 0 aromatic rings. The van der Waals surface area contributed by atoms with E-state index in [0.29, 0.717) is 18.2 Å². The molecular weight excluding hydrogens is 200 g/mol. The Labute approximate surface area is 99.1 Å². The highest BCUT2D eigenvalue weighted by Gasteiger charge is 2.28. The number of nitrogens with two attached hydrogens (primary N) is 1. The van der Waals surface area contributed by atoms with Crippen molar-refractivity contribution in [2.75, 3.05) is 13.7 Å². The summed E-state index contributed by atoms with van der Waals surface area (Å²) in [4.78, 5) is 0. The van der Waals surface area contributed by atoms with Gasteiger partial charge in [0, 0.05) is 19.2 Å². The highest BCUT2D eigenvalue weighted by Crippen LogP contribution is 2.25. The second-order valence-corrected chi connectivity index (χ2v) is 5.51. The third kappa shape index (κ3) is 3.19. The molecule has 3 nitrogen and oxygen atoms in total. The molecule has 0 aromatic heterocycles. The van der Waals surface area contributed by atoms with Crippen LogP contribution in [0.5, 0.6) is 0 Å². The Balaban J connectivity index is 1.70. The maximum Gasteiger partial charge on any atom is 0.0724 e. The van der Waals surface area contributed by atoms with Gasteiger partial charge in [0.05, 0.1) is 6.10 Å². The molecule has 3 heteroatoms. The van der Waals surface area contributed by atoms with Gasteiger partial charge >= 0.3 is 0 Å². The van der Waals surface area contributed by atoms with Crippen LogP contribution < -0.4 is 11.1 Å². The molecule has 0 bridgehead atoms. The van der Waals surface area contributed by atoms with E-state index in [4.69, 9.17) is 10.5 Å². The van der Waals surface area contributed by atoms with Gasteiger partial charge in [0.1, 0.15) is 0 Å². The maximum atomic E-state index is 6.01. The SMILES string of the molecule is COC1CCCC1NCC1CCCC(N)C1. The molecule has 2 aliphatic carbocycles. The van der Waals surface area contributed by atoms with Crippen LogP contribution >= 0.6 is 0 Å². The first-order valence-electron chi connectivity index (χ1n) is 6.81. The number of ether oxygens (including phenoxy) is 1. The van der Waals surface area contributed by atoms with Gasteiger partial charge in [0.15, 0.2) is 0 Å². The number of methoxy groups -OCH3 is 1. The van der Waals surface area contributed by atoms with Crippen molar-refractivity contribution < 1.29 is 4.74 Å². The Morgan fingerprint density at radius 2 is 2.00 bits per heavy atom. The number of hydrogen-bond donors (Lipinski definition) is 2. The van der Waals surface area contributed by atoms with E-state index in [1.54, 1.807) is 0 Å². The van der Waals surface area contributed by atoms with E-state index in [9.17, 15) is 0 Å². The lowest BCUT2D eigenvalue weighted by atomic mass is 9.86. The van der Waals surface area contributed by atoms with Crippen LogP contribution in [0.1, 0.15) is 44.9 Å². The Morgan fingerprint density at radius 3 is 2.75 bits per heavy atom. The standard InChI is InChI=1S/C13H26N2O/c1-16-13-7-3-6-12(13)15-9-10-4-2-5-11(14)8-10/h10-13,15H,2-9,14H2,1H3. The topological polar surface area (TPSA) is 47.3 Å². The van der Waals surface area contributed by atoms with Gasteiger partial charge in [-0.1, -0.05) is 6.42 Å². The summed E-state index contributed by atoms with van der Waals surface area (Å²) in [6.45, 7) is 1.14. The zero-order chi connectivity index (χ0) is 11.4. The average Bonchev–Trinajstić information content (AvgIpc) is 2.74. The molecule has 0 saturated heterocycles. The van der Waals surface area contributed by atoms with Gasteiger partial charge in [0.2, 0.25) is 0 Å². The minimum absolute atomic E-state index is 0.442. The van der Waals surface area contributed by atoms with Crippen molar-refractivity contribution in [3.63, 3.8) is 0 Å². The van der Waals surface area contributed by atoms with E-state index in [2.05, 4.69) is 5.32 Å². The van der Waals surface area contributed by atoms with Gasteiger partial charge in [-0.3, -0.25) is 0 Å². The van der Waals surface area contributed by atoms with Crippen LogP contribution in [0.3, 0.4) is 0 Å². The van der Waals surface area contributed by atoms with Crippen molar-refractivity contribution in [2.45, 2.75) is 63.1 Å². The summed E-state index contributed by atoms with van der Waals surface area (Å²) in [7, 11) is 1.83. The zero-order valence-electron chi connectivity index (χ0n) is 10.5. The molecule has 94 valence electrons. The summed E-state index contributed by atoms with van der Waals surface area (Å²) in [5.74, 6) is 0.793. The molecule has 0 amide bonds. The predicted octanol–water partition coefficient (Wildman–Crippen LogP) is 1.66. The first kappa shape index (κ1) is 12.3. The smallest absolute Gasteiger partial charge is 0.0724 e. The molecule has 0 radical (unpaired) electrons. The van der Waals surface area contributed by atoms with Gasteiger partial charge in [-0.25, -0.2) is 0 Å². The average molecular weight is 226 g/mol. The van der Waals surface area contributed by atoms with Crippen molar-refractivity contribution in [3.05, 3.63) is 0 Å². The van der Waals surface area contributed by atoms with Crippen molar-refractivity contribution in [2.24, 2.45) is 11.7 Å². The third-order valence-electron chi connectivity index (χ3n) is 4.25. The normalized spacial score (nSPS) is 40.1. The lowest BCUT2D eigenvalue weighted by molar-refractivity contribution is 0.0829. The Hall–Kier alpha value is -0.120. The number of hydrogen-bond acceptors (Lipinski definition) is 3. The molecule has 0 aliphatic heterocycles. The van der Waals surface area contributed by atoms with Crippen LogP contribution in [-0.2, 0) is 4.74 Å². The van der Waals surface area contributed by atoms with Crippen molar-refractivity contribution in [1.29, 1.82) is 0 Å². The highest BCUT2D eigenvalue weighted by atomic mass is 16.5. The van der Waals surface area contributed by atoms with Crippen LogP contribution in [0.4, 0.5) is 0 Å². The first-order valence-corrected chi connectivity index (χ1v) is 6.81. The first-order chi connectivity index (χ1) is 7.79. The summed E-state index contributed by atoms with van der Waals surface area (Å²) in [6, 6.07) is 1.03. The van der Waals surface area contributed by atoms with Crippen molar-refractivity contribution in [1.82, 2.24) is 5.32 Å². The largest absolute Gasteiger partial charge is 0.380 e. The molecule has 0 spiro atoms. The summed E-state index contributed by atoms with van der Waals surface area (Å²) in [5.41, 5.74) is 6.01. The van der Waals surface area contributed by atoms with Gasteiger partial charge in [-0.2, -0.15) is 0 Å². The fraction of sp³-hybridized carbons (Fsp3) is 1.00. The van der Waals surface area contributed by atoms with E-state index in [1.165, 1.54) is 44.9 Å². The number of nitrogens with one attached hydrogen (secondary N) is 1. The van der Waals surface area contributed by atoms with Gasteiger partial charge < -0.3 is 15.8 Å². The second-order valence-electron chi connectivity index (χ2n) is 5.51. The Kier molecular flexibility index (Phi) is 4.62. The molecule has 0 heterocycles. The quantitative estimate of drug-likeness (QED) is 0.766. The minimum Gasteiger partial charge on any atom is -0.380 e. The molecule has 2 saturated carbocycles. The molecule has 2 aliphatic rings. The van der Waals surface area contributed by atoms with Gasteiger partial charge in [-0.05, 0) is 51.0 Å². The van der Waals surface area contributed by atoms with E-state index >= 15 is 0 Å². The predicted molar refractivity (Wildman–Crippen MR) is 66.4 cm³/mol. The summed E-state index contributed by atoms with van der Waals surface area (Å²) in [5, 5.41) is 3.69. The summed E-state index contributed by atoms with van der Waals surface area (Å²) >= 11 is 0. The van der Waals surface area contributed by atoms with Crippen LogP contribution in [0.25, 0.3) is 0 Å². The van der Waals surface area contributed by atoms with Gasteiger partial charge in [0.25, 0.3) is 0 Å². The fourth-order valence-corrected chi connectivity index (χ4v) is 3.28. The Morgan fingerprint density at radius 1 is 1.19 bits per heavy atom. The molecule has 4 atom stereocenters. The van der Waals surface area contributed by atoms with Gasteiger partial charge in [-0.15, -0.1) is 0 Å². The van der Waals surface area contributed by atoms with E-state index in [-0.39, 0.29) is 0 Å². The summed E-state index contributed by atoms with van der Waals surface area (Å²) < 4.78 is 5.50. The Bertz CT molecular complexity index is 210. The molecule has 4 unspecified atom stereocenters. The molecule has 0 aromatic carbocycles. The highest BCUT2D eigenvalue weighted by molar-refractivity contribution is 4.85. The molecule has 16 heavy (non-hydrogen) atoms. The minimum atomic E-state index is 0.442. The van der Waals surface area contributed by atoms with Crippen LogP contribution in [0, 0.1) is 5.92 Å². The lowest BCUT2D eigenvalue weighted by Crippen LogP contribution is -2.41. The zero-order valence-corrected chi connectivity index (χ0v) is 10.5. The molecule has 3 N–H and O–H groups in total. The number of rotatable bonds is 4. The van der Waals surface area contributed by atoms with Crippen molar-refractivity contribution >= 4 is 0 Å². The van der Waals surface area contributed by atoms with Crippen LogP contribution in [0.2, 0.25) is 0 Å². The van der Waals surface area contributed by atoms with E-state index in [0.717, 1.165) is 12.5 Å². The lowest BCUT2D eigenvalue weighted by Gasteiger charge is -2.29. The van der Waals surface area contributed by atoms with Crippen LogP contribution in [0.15, 0.2) is 0 Å². The summed E-state index contributed by atoms with van der Waals surface area (Å²) in [6.07, 6.45) is 9.34.